The zero-order valence-electron chi connectivity index (χ0n) is 12.6. The number of amides is 1. The second kappa shape index (κ2) is 7.93. The van der Waals surface area contributed by atoms with E-state index in [4.69, 9.17) is 0 Å². The number of benzene rings is 1. The zero-order valence-corrected chi connectivity index (χ0v) is 13.4. The fourth-order valence-corrected chi connectivity index (χ4v) is 2.59. The lowest BCUT2D eigenvalue weighted by Crippen LogP contribution is -2.42. The van der Waals surface area contributed by atoms with Crippen molar-refractivity contribution in [2.24, 2.45) is 5.92 Å². The highest BCUT2D eigenvalue weighted by Crippen LogP contribution is 2.18. The second-order valence-electron chi connectivity index (χ2n) is 5.29. The highest BCUT2D eigenvalue weighted by molar-refractivity contribution is 8.00. The topological polar surface area (TPSA) is 59.8 Å². The fourth-order valence-electron chi connectivity index (χ4n) is 1.88. The Bertz CT molecular complexity index is 586. The van der Waals surface area contributed by atoms with Gasteiger partial charge in [-0.05, 0) is 30.2 Å². The quantitative estimate of drug-likeness (QED) is 0.795. The monoisotopic (exact) mass is 322 g/mol. The Hall–Kier alpha value is -1.89. The molecule has 1 amide bonds. The minimum absolute atomic E-state index is 0.0111. The fraction of sp³-hybridized carbons (Fsp3) is 0.400. The van der Waals surface area contributed by atoms with E-state index in [1.54, 1.807) is 29.2 Å². The lowest BCUT2D eigenvalue weighted by Gasteiger charge is -2.22. The molecule has 0 radical (unpaired) electrons. The minimum Gasteiger partial charge on any atom is -0.351 e. The summed E-state index contributed by atoms with van der Waals surface area (Å²) >= 11 is 1.39. The second-order valence-corrected chi connectivity index (χ2v) is 6.33. The molecule has 0 aliphatic heterocycles. The van der Waals surface area contributed by atoms with Crippen LogP contribution in [0.25, 0.3) is 0 Å². The predicted molar refractivity (Wildman–Crippen MR) is 83.9 cm³/mol. The molecule has 0 fully saturated rings. The Morgan fingerprint density at radius 3 is 2.68 bits per heavy atom. The number of nitrogens with one attached hydrogen (secondary N) is 1. The summed E-state index contributed by atoms with van der Waals surface area (Å²) in [5.74, 6) is 0.255. The first kappa shape index (κ1) is 16.5. The third-order valence-electron chi connectivity index (χ3n) is 3.19. The number of carbonyl (C=O) groups excluding carboxylic acids is 1. The summed E-state index contributed by atoms with van der Waals surface area (Å²) in [6.45, 7) is 4.69. The summed E-state index contributed by atoms with van der Waals surface area (Å²) in [7, 11) is 0. The van der Waals surface area contributed by atoms with Crippen LogP contribution in [0, 0.1) is 11.7 Å². The summed E-state index contributed by atoms with van der Waals surface area (Å²) in [4.78, 5) is 12.9. The van der Waals surface area contributed by atoms with E-state index in [-0.39, 0.29) is 23.7 Å². The van der Waals surface area contributed by atoms with Crippen LogP contribution in [-0.4, -0.2) is 32.7 Å². The van der Waals surface area contributed by atoms with Gasteiger partial charge in [-0.3, -0.25) is 9.48 Å². The Morgan fingerprint density at radius 1 is 1.36 bits per heavy atom. The molecule has 2 rings (SSSR count). The van der Waals surface area contributed by atoms with Crippen LogP contribution < -0.4 is 5.32 Å². The molecule has 1 aromatic heterocycles. The van der Waals surface area contributed by atoms with E-state index < -0.39 is 0 Å². The molecule has 1 atom stereocenters. The smallest absolute Gasteiger partial charge is 0.230 e. The number of hydrogen-bond donors (Lipinski definition) is 1. The molecule has 7 heteroatoms. The maximum Gasteiger partial charge on any atom is 0.230 e. The molecule has 0 bridgehead atoms. The number of rotatable bonds is 7. The summed E-state index contributed by atoms with van der Waals surface area (Å²) in [5, 5.41) is 10.7. The molecule has 5 nitrogen and oxygen atoms in total. The van der Waals surface area contributed by atoms with Crippen LogP contribution in [0.2, 0.25) is 0 Å². The van der Waals surface area contributed by atoms with Gasteiger partial charge in [0, 0.05) is 11.1 Å². The van der Waals surface area contributed by atoms with Crippen LogP contribution in [-0.2, 0) is 11.3 Å². The van der Waals surface area contributed by atoms with Crippen LogP contribution in [0.15, 0.2) is 41.6 Å². The largest absolute Gasteiger partial charge is 0.351 e. The molecule has 118 valence electrons. The summed E-state index contributed by atoms with van der Waals surface area (Å²) in [5.41, 5.74) is 0. The van der Waals surface area contributed by atoms with Gasteiger partial charge in [0.25, 0.3) is 0 Å². The summed E-state index contributed by atoms with van der Waals surface area (Å²) in [6, 6.07) is 6.11. The van der Waals surface area contributed by atoms with E-state index in [1.165, 1.54) is 23.9 Å². The van der Waals surface area contributed by atoms with Crippen molar-refractivity contribution in [2.45, 2.75) is 31.3 Å². The normalized spacial score (nSPS) is 12.4. The maximum atomic E-state index is 12.8. The number of aromatic nitrogens is 3. The molecule has 0 aliphatic rings. The van der Waals surface area contributed by atoms with Crippen molar-refractivity contribution >= 4 is 17.7 Å². The van der Waals surface area contributed by atoms with E-state index in [2.05, 4.69) is 29.5 Å². The minimum atomic E-state index is -0.276. The number of hydrogen-bond acceptors (Lipinski definition) is 4. The molecule has 0 aliphatic carbocycles. The highest BCUT2D eigenvalue weighted by atomic mass is 32.2. The van der Waals surface area contributed by atoms with E-state index in [0.717, 1.165) is 4.90 Å². The van der Waals surface area contributed by atoms with E-state index in [0.29, 0.717) is 12.3 Å². The van der Waals surface area contributed by atoms with Crippen LogP contribution in [0.3, 0.4) is 0 Å². The first-order chi connectivity index (χ1) is 10.5. The first-order valence-electron chi connectivity index (χ1n) is 7.06. The van der Waals surface area contributed by atoms with Gasteiger partial charge in [-0.25, -0.2) is 4.39 Å². The van der Waals surface area contributed by atoms with Gasteiger partial charge in [0.1, 0.15) is 5.82 Å². The van der Waals surface area contributed by atoms with Crippen molar-refractivity contribution in [3.63, 3.8) is 0 Å². The van der Waals surface area contributed by atoms with Gasteiger partial charge >= 0.3 is 0 Å². The van der Waals surface area contributed by atoms with Crippen molar-refractivity contribution in [3.8, 4) is 0 Å². The molecule has 1 aromatic carbocycles. The van der Waals surface area contributed by atoms with Gasteiger partial charge in [0.05, 0.1) is 24.5 Å². The third-order valence-corrected chi connectivity index (χ3v) is 4.20. The van der Waals surface area contributed by atoms with Crippen LogP contribution in [0.5, 0.6) is 0 Å². The van der Waals surface area contributed by atoms with Crippen LogP contribution in [0.1, 0.15) is 13.8 Å². The highest BCUT2D eigenvalue weighted by Gasteiger charge is 2.17. The Morgan fingerprint density at radius 2 is 2.09 bits per heavy atom. The SMILES string of the molecule is CC(C)[C@@H](Cn1ccnn1)NC(=O)CSc1ccc(F)cc1. The van der Waals surface area contributed by atoms with Crippen molar-refractivity contribution in [2.75, 3.05) is 5.75 Å². The number of nitrogens with zero attached hydrogens (tertiary/aromatic N) is 3. The van der Waals surface area contributed by atoms with E-state index >= 15 is 0 Å². The van der Waals surface area contributed by atoms with Gasteiger partial charge in [-0.1, -0.05) is 19.1 Å². The zero-order chi connectivity index (χ0) is 15.9. The molecule has 1 N–H and O–H groups in total. The Balaban J connectivity index is 1.84. The molecule has 2 aromatic rings. The first-order valence-corrected chi connectivity index (χ1v) is 8.05. The number of thioether (sulfide) groups is 1. The van der Waals surface area contributed by atoms with E-state index in [9.17, 15) is 9.18 Å². The average molecular weight is 322 g/mol. The van der Waals surface area contributed by atoms with Gasteiger partial charge in [0.15, 0.2) is 0 Å². The van der Waals surface area contributed by atoms with Crippen molar-refractivity contribution in [1.82, 2.24) is 20.3 Å². The molecule has 0 saturated carbocycles. The molecule has 0 spiro atoms. The standard InChI is InChI=1S/C15H19FN4OS/c1-11(2)14(9-20-8-7-17-19-20)18-15(21)10-22-13-5-3-12(16)4-6-13/h3-8,11,14H,9-10H2,1-2H3,(H,18,21)/t14-/m1/s1. The molecular formula is C15H19FN4OS. The molecule has 1 heterocycles. The Kier molecular flexibility index (Phi) is 5.94. The summed E-state index contributed by atoms with van der Waals surface area (Å²) in [6.07, 6.45) is 3.39. The van der Waals surface area contributed by atoms with E-state index in [1.807, 2.05) is 0 Å². The van der Waals surface area contributed by atoms with Crippen molar-refractivity contribution in [1.29, 1.82) is 0 Å². The van der Waals surface area contributed by atoms with Crippen molar-refractivity contribution in [3.05, 3.63) is 42.5 Å². The third kappa shape index (κ3) is 5.14. The average Bonchev–Trinajstić information content (AvgIpc) is 2.99. The van der Waals surface area contributed by atoms with Gasteiger partial charge < -0.3 is 5.32 Å². The van der Waals surface area contributed by atoms with Crippen LogP contribution in [0.4, 0.5) is 4.39 Å². The van der Waals surface area contributed by atoms with Crippen LogP contribution >= 0.6 is 11.8 Å². The summed E-state index contributed by atoms with van der Waals surface area (Å²) < 4.78 is 14.5. The van der Waals surface area contributed by atoms with Crippen molar-refractivity contribution < 1.29 is 9.18 Å². The predicted octanol–water partition coefficient (Wildman–Crippen LogP) is 2.35. The molecule has 0 unspecified atom stereocenters. The number of carbonyl (C=O) groups is 1. The molecule has 22 heavy (non-hydrogen) atoms. The van der Waals surface area contributed by atoms with Gasteiger partial charge in [0.2, 0.25) is 5.91 Å². The maximum absolute atomic E-state index is 12.8. The number of halogens is 1. The van der Waals surface area contributed by atoms with Gasteiger partial charge in [-0.2, -0.15) is 0 Å². The van der Waals surface area contributed by atoms with Gasteiger partial charge in [-0.15, -0.1) is 16.9 Å². The molecule has 0 saturated heterocycles. The lowest BCUT2D eigenvalue weighted by atomic mass is 10.0. The lowest BCUT2D eigenvalue weighted by molar-refractivity contribution is -0.119. The molecular weight excluding hydrogens is 303 g/mol. The Labute approximate surface area is 133 Å².